The molecule has 4 nitrogen and oxygen atoms in total. The molecule has 2 aliphatic heterocycles. The van der Waals surface area contributed by atoms with Gasteiger partial charge < -0.3 is 19.5 Å². The Kier molecular flexibility index (Phi) is 4.49. The van der Waals surface area contributed by atoms with E-state index in [-0.39, 0.29) is 17.6 Å². The third-order valence-electron chi connectivity index (χ3n) is 4.90. The van der Waals surface area contributed by atoms with E-state index in [1.165, 1.54) is 20.0 Å². The zero-order chi connectivity index (χ0) is 17.2. The van der Waals surface area contributed by atoms with Crippen molar-refractivity contribution < 1.29 is 18.6 Å². The van der Waals surface area contributed by atoms with Crippen molar-refractivity contribution >= 4 is 0 Å². The normalized spacial score (nSPS) is 24.8. The SMILES string of the molecule is COc1cc(Oc2ccccc2)cc(OC2CC3CCC(C2)N3)c1F. The Labute approximate surface area is 146 Å². The van der Waals surface area contributed by atoms with Gasteiger partial charge in [0.25, 0.3) is 0 Å². The van der Waals surface area contributed by atoms with Gasteiger partial charge in [-0.2, -0.15) is 4.39 Å². The molecule has 0 aliphatic carbocycles. The second-order valence-corrected chi connectivity index (χ2v) is 6.70. The summed E-state index contributed by atoms with van der Waals surface area (Å²) in [6, 6.07) is 13.5. The van der Waals surface area contributed by atoms with Crippen LogP contribution in [-0.4, -0.2) is 25.3 Å². The van der Waals surface area contributed by atoms with Gasteiger partial charge in [-0.3, -0.25) is 0 Å². The molecule has 1 N–H and O–H groups in total. The molecular formula is C20H22FNO3. The highest BCUT2D eigenvalue weighted by molar-refractivity contribution is 5.45. The fraction of sp³-hybridized carbons (Fsp3) is 0.400. The predicted molar refractivity (Wildman–Crippen MR) is 93.1 cm³/mol. The topological polar surface area (TPSA) is 39.7 Å². The minimum absolute atomic E-state index is 0.0185. The molecule has 0 saturated carbocycles. The molecule has 132 valence electrons. The van der Waals surface area contributed by atoms with E-state index < -0.39 is 5.82 Å². The van der Waals surface area contributed by atoms with Crippen molar-refractivity contribution in [3.05, 3.63) is 48.3 Å². The van der Waals surface area contributed by atoms with Gasteiger partial charge in [0.05, 0.1) is 7.11 Å². The first kappa shape index (κ1) is 16.2. The number of para-hydroxylation sites is 1. The Hall–Kier alpha value is -2.27. The number of nitrogens with one attached hydrogen (secondary N) is 1. The quantitative estimate of drug-likeness (QED) is 0.879. The lowest BCUT2D eigenvalue weighted by Crippen LogP contribution is -2.42. The molecule has 2 saturated heterocycles. The van der Waals surface area contributed by atoms with Gasteiger partial charge >= 0.3 is 0 Å². The maximum atomic E-state index is 14.6. The predicted octanol–water partition coefficient (Wildman–Crippen LogP) is 4.29. The number of piperidine rings is 1. The van der Waals surface area contributed by atoms with Gasteiger partial charge in [-0.05, 0) is 37.8 Å². The average Bonchev–Trinajstić information content (AvgIpc) is 2.97. The number of fused-ring (bicyclic) bond motifs is 2. The van der Waals surface area contributed by atoms with Crippen LogP contribution in [0.4, 0.5) is 4.39 Å². The summed E-state index contributed by atoms with van der Waals surface area (Å²) in [6.45, 7) is 0. The Balaban J connectivity index is 1.56. The fourth-order valence-corrected chi connectivity index (χ4v) is 3.75. The number of rotatable bonds is 5. The maximum Gasteiger partial charge on any atom is 0.207 e. The lowest BCUT2D eigenvalue weighted by molar-refractivity contribution is 0.130. The van der Waals surface area contributed by atoms with E-state index in [9.17, 15) is 4.39 Å². The van der Waals surface area contributed by atoms with E-state index in [1.54, 1.807) is 12.1 Å². The molecule has 0 spiro atoms. The van der Waals surface area contributed by atoms with Crippen LogP contribution in [0.25, 0.3) is 0 Å². The number of methoxy groups -OCH3 is 1. The van der Waals surface area contributed by atoms with Crippen molar-refractivity contribution in [2.24, 2.45) is 0 Å². The van der Waals surface area contributed by atoms with Crippen LogP contribution in [0, 0.1) is 5.82 Å². The summed E-state index contributed by atoms with van der Waals surface area (Å²) in [5.41, 5.74) is 0. The molecule has 4 rings (SSSR count). The van der Waals surface area contributed by atoms with Crippen LogP contribution in [0.3, 0.4) is 0 Å². The van der Waals surface area contributed by atoms with Crippen molar-refractivity contribution in [3.63, 3.8) is 0 Å². The van der Waals surface area contributed by atoms with Gasteiger partial charge in [0.2, 0.25) is 5.82 Å². The van der Waals surface area contributed by atoms with E-state index in [2.05, 4.69) is 5.32 Å². The van der Waals surface area contributed by atoms with Crippen molar-refractivity contribution in [1.82, 2.24) is 5.32 Å². The summed E-state index contributed by atoms with van der Waals surface area (Å²) >= 11 is 0. The summed E-state index contributed by atoms with van der Waals surface area (Å²) in [6.07, 6.45) is 4.18. The molecule has 0 aromatic heterocycles. The fourth-order valence-electron chi connectivity index (χ4n) is 3.75. The van der Waals surface area contributed by atoms with Gasteiger partial charge in [-0.1, -0.05) is 18.2 Å². The zero-order valence-electron chi connectivity index (χ0n) is 14.2. The van der Waals surface area contributed by atoms with Gasteiger partial charge in [0, 0.05) is 24.2 Å². The second-order valence-electron chi connectivity index (χ2n) is 6.70. The van der Waals surface area contributed by atoms with Crippen molar-refractivity contribution in [3.8, 4) is 23.0 Å². The molecule has 2 aromatic rings. The molecular weight excluding hydrogens is 321 g/mol. The summed E-state index contributed by atoms with van der Waals surface area (Å²) in [5.74, 6) is 1.02. The van der Waals surface area contributed by atoms with Crippen LogP contribution in [0.1, 0.15) is 25.7 Å². The Bertz CT molecular complexity index is 725. The number of hydrogen-bond acceptors (Lipinski definition) is 4. The maximum absolute atomic E-state index is 14.6. The summed E-state index contributed by atoms with van der Waals surface area (Å²) < 4.78 is 31.6. The first-order valence-electron chi connectivity index (χ1n) is 8.74. The zero-order valence-corrected chi connectivity index (χ0v) is 14.2. The molecule has 5 heteroatoms. The molecule has 0 amide bonds. The van der Waals surface area contributed by atoms with Gasteiger partial charge in [0.15, 0.2) is 11.5 Å². The van der Waals surface area contributed by atoms with Crippen LogP contribution in [0.2, 0.25) is 0 Å². The van der Waals surface area contributed by atoms with Crippen molar-refractivity contribution in [2.75, 3.05) is 7.11 Å². The van der Waals surface area contributed by atoms with Crippen LogP contribution >= 0.6 is 0 Å². The monoisotopic (exact) mass is 343 g/mol. The van der Waals surface area contributed by atoms with Gasteiger partial charge in [-0.25, -0.2) is 0 Å². The third kappa shape index (κ3) is 3.56. The minimum atomic E-state index is -0.478. The van der Waals surface area contributed by atoms with E-state index in [0.29, 0.717) is 23.6 Å². The first-order valence-corrected chi connectivity index (χ1v) is 8.74. The van der Waals surface area contributed by atoms with Crippen molar-refractivity contribution in [1.29, 1.82) is 0 Å². The third-order valence-corrected chi connectivity index (χ3v) is 4.90. The van der Waals surface area contributed by atoms with Crippen LogP contribution in [0.5, 0.6) is 23.0 Å². The number of benzene rings is 2. The molecule has 0 radical (unpaired) electrons. The largest absolute Gasteiger partial charge is 0.493 e. The highest BCUT2D eigenvalue weighted by atomic mass is 19.1. The van der Waals surface area contributed by atoms with E-state index >= 15 is 0 Å². The van der Waals surface area contributed by atoms with Gasteiger partial charge in [-0.15, -0.1) is 0 Å². The lowest BCUT2D eigenvalue weighted by Gasteiger charge is -2.29. The standard InChI is InChI=1S/C20H22FNO3/c1-23-18-11-17(24-15-5-3-2-4-6-15)12-19(20(18)21)25-16-9-13-7-8-14(10-16)22-13/h2-6,11-14,16,22H,7-10H2,1H3. The molecule has 2 unspecified atom stereocenters. The van der Waals surface area contributed by atoms with Crippen LogP contribution < -0.4 is 19.5 Å². The molecule has 2 atom stereocenters. The van der Waals surface area contributed by atoms with E-state index in [4.69, 9.17) is 14.2 Å². The lowest BCUT2D eigenvalue weighted by atomic mass is 10.0. The summed E-state index contributed by atoms with van der Waals surface area (Å²) in [7, 11) is 1.44. The van der Waals surface area contributed by atoms with Crippen LogP contribution in [-0.2, 0) is 0 Å². The minimum Gasteiger partial charge on any atom is -0.493 e. The Morgan fingerprint density at radius 2 is 1.64 bits per heavy atom. The number of ether oxygens (including phenoxy) is 3. The number of hydrogen-bond donors (Lipinski definition) is 1. The molecule has 2 aromatic carbocycles. The first-order chi connectivity index (χ1) is 12.2. The van der Waals surface area contributed by atoms with Crippen LogP contribution in [0.15, 0.2) is 42.5 Å². The molecule has 25 heavy (non-hydrogen) atoms. The molecule has 2 fully saturated rings. The summed E-state index contributed by atoms with van der Waals surface area (Å²) in [4.78, 5) is 0. The average molecular weight is 343 g/mol. The number of halogens is 1. The highest BCUT2D eigenvalue weighted by Gasteiger charge is 2.35. The molecule has 2 heterocycles. The van der Waals surface area contributed by atoms with E-state index in [0.717, 1.165) is 12.8 Å². The Morgan fingerprint density at radius 3 is 2.32 bits per heavy atom. The van der Waals surface area contributed by atoms with E-state index in [1.807, 2.05) is 30.3 Å². The summed E-state index contributed by atoms with van der Waals surface area (Å²) in [5, 5.41) is 3.56. The van der Waals surface area contributed by atoms with Gasteiger partial charge in [0.1, 0.15) is 17.6 Å². The molecule has 2 bridgehead atoms. The molecule has 2 aliphatic rings. The highest BCUT2D eigenvalue weighted by Crippen LogP contribution is 2.37. The smallest absolute Gasteiger partial charge is 0.207 e. The Morgan fingerprint density at radius 1 is 0.960 bits per heavy atom. The second kappa shape index (κ2) is 6.92. The van der Waals surface area contributed by atoms with Crippen molar-refractivity contribution in [2.45, 2.75) is 43.9 Å².